The first-order chi connectivity index (χ1) is 10.7. The third kappa shape index (κ3) is 2.84. The van der Waals surface area contributed by atoms with Crippen LogP contribution in [0.5, 0.6) is 0 Å². The van der Waals surface area contributed by atoms with Crippen molar-refractivity contribution in [2.45, 2.75) is 38.9 Å². The molecule has 120 valence electrons. The van der Waals surface area contributed by atoms with Crippen LogP contribution < -0.4 is 11.2 Å². The number of rotatable bonds is 2. The fourth-order valence-electron chi connectivity index (χ4n) is 2.45. The average Bonchev–Trinajstić information content (AvgIpc) is 2.69. The van der Waals surface area contributed by atoms with Gasteiger partial charge < -0.3 is 15.0 Å². The molecule has 0 saturated carbocycles. The van der Waals surface area contributed by atoms with Crippen molar-refractivity contribution < 1.29 is 13.7 Å². The van der Waals surface area contributed by atoms with Gasteiger partial charge in [-0.05, 0) is 57.0 Å². The third-order valence-corrected chi connectivity index (χ3v) is 4.63. The van der Waals surface area contributed by atoms with Crippen molar-refractivity contribution in [3.8, 4) is 11.1 Å². The predicted molar refractivity (Wildman–Crippen MR) is 89.8 cm³/mol. The molecule has 2 aromatic rings. The zero-order chi connectivity index (χ0) is 16.8. The van der Waals surface area contributed by atoms with E-state index >= 15 is 0 Å². The molecule has 0 atom stereocenters. The van der Waals surface area contributed by atoms with Gasteiger partial charge >= 0.3 is 7.12 Å². The van der Waals surface area contributed by atoms with E-state index in [9.17, 15) is 4.39 Å². The number of halogens is 1. The largest absolute Gasteiger partial charge is 0.498 e. The Morgan fingerprint density at radius 3 is 2.13 bits per heavy atom. The van der Waals surface area contributed by atoms with Crippen molar-refractivity contribution in [3.05, 3.63) is 42.3 Å². The maximum absolute atomic E-state index is 13.1. The van der Waals surface area contributed by atoms with E-state index in [1.807, 2.05) is 33.8 Å². The van der Waals surface area contributed by atoms with E-state index in [-0.39, 0.29) is 5.82 Å². The minimum atomic E-state index is -0.576. The van der Waals surface area contributed by atoms with Crippen LogP contribution in [-0.2, 0) is 9.31 Å². The minimum Gasteiger partial charge on any atom is -0.399 e. The number of hydrogen-bond acceptors (Lipinski definition) is 4. The number of nitrogens with two attached hydrogens (primary N) is 1. The van der Waals surface area contributed by atoms with Gasteiger partial charge in [0.05, 0.1) is 11.2 Å². The van der Waals surface area contributed by atoms with Gasteiger partial charge in [0, 0.05) is 11.7 Å². The summed E-state index contributed by atoms with van der Waals surface area (Å²) in [6.07, 6.45) is 1.66. The first-order valence-corrected chi connectivity index (χ1v) is 7.57. The summed E-state index contributed by atoms with van der Waals surface area (Å²) in [4.78, 5) is 4.24. The number of nitrogens with zero attached hydrogens (tertiary/aromatic N) is 1. The van der Waals surface area contributed by atoms with E-state index in [0.717, 1.165) is 11.1 Å². The Hall–Kier alpha value is -1.92. The summed E-state index contributed by atoms with van der Waals surface area (Å²) in [6.45, 7) is 7.95. The Balaban J connectivity index is 1.98. The Morgan fingerprint density at radius 2 is 1.57 bits per heavy atom. The molecule has 1 aromatic carbocycles. The minimum absolute atomic E-state index is 0.275. The van der Waals surface area contributed by atoms with Gasteiger partial charge in [0.15, 0.2) is 0 Å². The Morgan fingerprint density at radius 1 is 1.00 bits per heavy atom. The summed E-state index contributed by atoms with van der Waals surface area (Å²) >= 11 is 0. The number of nitrogen functional groups attached to an aromatic ring is 1. The van der Waals surface area contributed by atoms with E-state index in [1.165, 1.54) is 12.1 Å². The van der Waals surface area contributed by atoms with Gasteiger partial charge in [0.1, 0.15) is 11.6 Å². The summed E-state index contributed by atoms with van der Waals surface area (Å²) in [6, 6.07) is 8.13. The van der Waals surface area contributed by atoms with Crippen LogP contribution in [0.3, 0.4) is 0 Å². The lowest BCUT2D eigenvalue weighted by Crippen LogP contribution is -2.41. The van der Waals surface area contributed by atoms with Crippen LogP contribution in [0.4, 0.5) is 10.2 Å². The van der Waals surface area contributed by atoms with Crippen molar-refractivity contribution in [3.63, 3.8) is 0 Å². The monoisotopic (exact) mass is 314 g/mol. The van der Waals surface area contributed by atoms with Gasteiger partial charge in [-0.1, -0.05) is 12.1 Å². The van der Waals surface area contributed by atoms with Crippen molar-refractivity contribution in [1.82, 2.24) is 4.98 Å². The Bertz CT molecular complexity index is 716. The highest BCUT2D eigenvalue weighted by Gasteiger charge is 2.52. The van der Waals surface area contributed by atoms with Crippen LogP contribution in [0.25, 0.3) is 11.1 Å². The van der Waals surface area contributed by atoms with Gasteiger partial charge in [-0.15, -0.1) is 0 Å². The number of anilines is 1. The lowest BCUT2D eigenvalue weighted by Gasteiger charge is -2.32. The highest BCUT2D eigenvalue weighted by atomic mass is 19.1. The molecule has 1 aliphatic heterocycles. The zero-order valence-corrected chi connectivity index (χ0v) is 13.8. The molecule has 2 N–H and O–H groups in total. The number of hydrogen-bond donors (Lipinski definition) is 1. The van der Waals surface area contributed by atoms with E-state index in [0.29, 0.717) is 11.3 Å². The molecule has 1 aliphatic rings. The smallest absolute Gasteiger partial charge is 0.399 e. The molecular weight excluding hydrogens is 294 g/mol. The van der Waals surface area contributed by atoms with Crippen LogP contribution in [0.1, 0.15) is 27.7 Å². The van der Waals surface area contributed by atoms with Crippen molar-refractivity contribution in [2.24, 2.45) is 0 Å². The van der Waals surface area contributed by atoms with E-state index in [2.05, 4.69) is 4.98 Å². The molecule has 1 fully saturated rings. The molecule has 0 aliphatic carbocycles. The Kier molecular flexibility index (Phi) is 3.69. The number of pyridine rings is 1. The Labute approximate surface area is 136 Å². The highest BCUT2D eigenvalue weighted by Crippen LogP contribution is 2.37. The van der Waals surface area contributed by atoms with E-state index < -0.39 is 18.3 Å². The second kappa shape index (κ2) is 5.32. The molecular formula is C17H20BFN2O2. The average molecular weight is 314 g/mol. The van der Waals surface area contributed by atoms with Gasteiger partial charge in [-0.2, -0.15) is 0 Å². The maximum atomic E-state index is 13.1. The fraction of sp³-hybridized carbons (Fsp3) is 0.353. The van der Waals surface area contributed by atoms with Crippen LogP contribution in [0.15, 0.2) is 36.5 Å². The van der Waals surface area contributed by atoms with Crippen molar-refractivity contribution in [2.75, 3.05) is 5.73 Å². The van der Waals surface area contributed by atoms with Gasteiger partial charge in [0.25, 0.3) is 0 Å². The van der Waals surface area contributed by atoms with Crippen molar-refractivity contribution >= 4 is 18.4 Å². The molecule has 0 amide bonds. The van der Waals surface area contributed by atoms with E-state index in [4.69, 9.17) is 15.0 Å². The number of aromatic nitrogens is 1. The van der Waals surface area contributed by atoms with Crippen LogP contribution in [0, 0.1) is 5.82 Å². The lowest BCUT2D eigenvalue weighted by atomic mass is 9.78. The predicted octanol–water partition coefficient (Wildman–Crippen LogP) is 2.77. The molecule has 0 unspecified atom stereocenters. The molecule has 0 bridgehead atoms. The molecule has 1 aromatic heterocycles. The molecule has 4 nitrogen and oxygen atoms in total. The van der Waals surface area contributed by atoms with Gasteiger partial charge in [-0.3, -0.25) is 0 Å². The molecule has 3 rings (SSSR count). The lowest BCUT2D eigenvalue weighted by molar-refractivity contribution is 0.00578. The molecule has 1 saturated heterocycles. The first-order valence-electron chi connectivity index (χ1n) is 7.57. The third-order valence-electron chi connectivity index (χ3n) is 4.63. The van der Waals surface area contributed by atoms with Crippen LogP contribution in [0.2, 0.25) is 0 Å². The van der Waals surface area contributed by atoms with Crippen molar-refractivity contribution in [1.29, 1.82) is 0 Å². The summed E-state index contributed by atoms with van der Waals surface area (Å²) in [5.74, 6) is 0.0951. The SMILES string of the molecule is CC1(C)OB(c2cc(-c3ccc(F)cc3)cnc2N)OC1(C)C. The molecule has 2 heterocycles. The number of benzene rings is 1. The molecule has 0 spiro atoms. The molecule has 0 radical (unpaired) electrons. The van der Waals surface area contributed by atoms with Crippen LogP contribution >= 0.6 is 0 Å². The zero-order valence-electron chi connectivity index (χ0n) is 13.8. The van der Waals surface area contributed by atoms with Crippen LogP contribution in [-0.4, -0.2) is 23.3 Å². The second-order valence-corrected chi connectivity index (χ2v) is 6.79. The normalized spacial score (nSPS) is 19.1. The second-order valence-electron chi connectivity index (χ2n) is 6.79. The fourth-order valence-corrected chi connectivity index (χ4v) is 2.45. The molecule has 6 heteroatoms. The summed E-state index contributed by atoms with van der Waals surface area (Å²) in [5.41, 5.74) is 7.50. The highest BCUT2D eigenvalue weighted by molar-refractivity contribution is 6.63. The standard InChI is InChI=1S/C17H20BFN2O2/c1-16(2)17(3,4)23-18(22-16)14-9-12(10-21-15(14)20)11-5-7-13(19)8-6-11/h5-10H,1-4H3,(H2,20,21). The first kappa shape index (κ1) is 16.0. The van der Waals surface area contributed by atoms with Gasteiger partial charge in [0.2, 0.25) is 0 Å². The summed E-state index contributed by atoms with van der Waals surface area (Å²) in [7, 11) is -0.576. The maximum Gasteiger partial charge on any atom is 0.498 e. The topological polar surface area (TPSA) is 57.4 Å². The molecule has 23 heavy (non-hydrogen) atoms. The summed E-state index contributed by atoms with van der Waals surface area (Å²) in [5, 5.41) is 0. The summed E-state index contributed by atoms with van der Waals surface area (Å²) < 4.78 is 25.2. The quantitative estimate of drug-likeness (QED) is 0.866. The van der Waals surface area contributed by atoms with E-state index in [1.54, 1.807) is 18.3 Å². The van der Waals surface area contributed by atoms with Gasteiger partial charge in [-0.25, -0.2) is 9.37 Å².